The second-order valence-corrected chi connectivity index (χ2v) is 16.4. The minimum Gasteiger partial charge on any atom is -0.444 e. The summed E-state index contributed by atoms with van der Waals surface area (Å²) in [6, 6.07) is 7.38. The fourth-order valence-electron chi connectivity index (χ4n) is 3.18. The van der Waals surface area contributed by atoms with E-state index in [-0.39, 0.29) is 10.9 Å². The van der Waals surface area contributed by atoms with Crippen molar-refractivity contribution in [3.8, 4) is 0 Å². The van der Waals surface area contributed by atoms with Gasteiger partial charge in [0.1, 0.15) is 11.6 Å². The van der Waals surface area contributed by atoms with Gasteiger partial charge in [-0.25, -0.2) is 4.79 Å². The molecular weight excluding hydrogens is 428 g/mol. The van der Waals surface area contributed by atoms with E-state index in [2.05, 4.69) is 39.2 Å². The van der Waals surface area contributed by atoms with Crippen LogP contribution in [-0.2, 0) is 15.8 Å². The van der Waals surface area contributed by atoms with E-state index in [1.807, 2.05) is 24.3 Å². The van der Waals surface area contributed by atoms with Gasteiger partial charge in [0.15, 0.2) is 8.32 Å². The molecule has 2 aromatic rings. The minimum atomic E-state index is -1.99. The van der Waals surface area contributed by atoms with Crippen LogP contribution in [0.3, 0.4) is 0 Å². The summed E-state index contributed by atoms with van der Waals surface area (Å²) in [6.45, 7) is 16.8. The predicted octanol–water partition coefficient (Wildman–Crippen LogP) is 5.80. The number of hydrogen-bond donors (Lipinski definition) is 1. The quantitative estimate of drug-likeness (QED) is 0.581. The van der Waals surface area contributed by atoms with Gasteiger partial charge in [-0.3, -0.25) is 9.36 Å². The summed E-state index contributed by atoms with van der Waals surface area (Å²) in [7, 11) is -1.99. The maximum Gasteiger partial charge on any atom is 0.408 e. The SMILES string of the molecule is CC(C)(C)OC(=O)N[C@H]1CSc2cccc3cc(CO[Si](C)(C)C(C)(C)C)n(c23)C1=O. The maximum absolute atomic E-state index is 13.6. The zero-order valence-electron chi connectivity index (χ0n) is 19.8. The molecule has 1 amide bonds. The summed E-state index contributed by atoms with van der Waals surface area (Å²) < 4.78 is 13.6. The van der Waals surface area contributed by atoms with Crippen LogP contribution >= 0.6 is 11.8 Å². The van der Waals surface area contributed by atoms with Crippen LogP contribution < -0.4 is 5.32 Å². The summed E-state index contributed by atoms with van der Waals surface area (Å²) in [5.41, 5.74) is 1.08. The van der Waals surface area contributed by atoms with Gasteiger partial charge in [0.2, 0.25) is 0 Å². The van der Waals surface area contributed by atoms with Gasteiger partial charge in [-0.05, 0) is 51.0 Å². The van der Waals surface area contributed by atoms with E-state index in [0.717, 1.165) is 21.5 Å². The van der Waals surface area contributed by atoms with Gasteiger partial charge < -0.3 is 14.5 Å². The number of nitrogens with one attached hydrogen (secondary N) is 1. The third-order valence-electron chi connectivity index (χ3n) is 5.87. The molecule has 1 N–H and O–H groups in total. The number of carbonyl (C=O) groups excluding carboxylic acids is 2. The lowest BCUT2D eigenvalue weighted by Crippen LogP contribution is -2.46. The molecule has 170 valence electrons. The number of nitrogens with zero attached hydrogens (tertiary/aromatic N) is 1. The van der Waals surface area contributed by atoms with E-state index in [0.29, 0.717) is 12.4 Å². The zero-order chi connectivity index (χ0) is 23.2. The Bertz CT molecular complexity index is 1000. The Kier molecular flexibility index (Phi) is 6.39. The molecule has 0 bridgehead atoms. The minimum absolute atomic E-state index is 0.0730. The van der Waals surface area contributed by atoms with Crippen LogP contribution in [0.1, 0.15) is 52.0 Å². The first-order valence-corrected chi connectivity index (χ1v) is 14.5. The Morgan fingerprint density at radius 2 is 1.90 bits per heavy atom. The molecular formula is C23H34N2O4SSi. The van der Waals surface area contributed by atoms with Crippen LogP contribution in [0.5, 0.6) is 0 Å². The lowest BCUT2D eigenvalue weighted by atomic mass is 10.2. The second-order valence-electron chi connectivity index (χ2n) is 10.6. The van der Waals surface area contributed by atoms with Gasteiger partial charge in [0.25, 0.3) is 5.91 Å². The van der Waals surface area contributed by atoms with Gasteiger partial charge in [-0.1, -0.05) is 32.9 Å². The average Bonchev–Trinajstić information content (AvgIpc) is 2.92. The highest BCUT2D eigenvalue weighted by atomic mass is 32.2. The predicted molar refractivity (Wildman–Crippen MR) is 128 cm³/mol. The number of amides is 1. The molecule has 8 heteroatoms. The number of ether oxygens (including phenoxy) is 1. The number of alkyl carbamates (subject to hydrolysis) is 1. The zero-order valence-corrected chi connectivity index (χ0v) is 21.6. The Balaban J connectivity index is 1.94. The van der Waals surface area contributed by atoms with Crippen LogP contribution in [0.15, 0.2) is 29.2 Å². The third-order valence-corrected chi connectivity index (χ3v) is 11.5. The first-order valence-electron chi connectivity index (χ1n) is 10.6. The molecule has 0 saturated heterocycles. The number of para-hydroxylation sites is 1. The second kappa shape index (κ2) is 8.29. The van der Waals surface area contributed by atoms with E-state index in [1.165, 1.54) is 0 Å². The maximum atomic E-state index is 13.6. The van der Waals surface area contributed by atoms with E-state index in [9.17, 15) is 9.59 Å². The van der Waals surface area contributed by atoms with Crippen LogP contribution in [0.4, 0.5) is 4.79 Å². The number of rotatable bonds is 4. The topological polar surface area (TPSA) is 69.6 Å². The van der Waals surface area contributed by atoms with Crippen molar-refractivity contribution in [1.82, 2.24) is 9.88 Å². The first-order chi connectivity index (χ1) is 14.2. The van der Waals surface area contributed by atoms with Gasteiger partial charge in [-0.2, -0.15) is 0 Å². The number of thioether (sulfide) groups is 1. The van der Waals surface area contributed by atoms with Gasteiger partial charge in [0.05, 0.1) is 17.8 Å². The molecule has 0 spiro atoms. The Morgan fingerprint density at radius 1 is 1.23 bits per heavy atom. The summed E-state index contributed by atoms with van der Waals surface area (Å²) in [6.07, 6.45) is -0.583. The highest BCUT2D eigenvalue weighted by Crippen LogP contribution is 2.38. The number of carbonyl (C=O) groups is 2. The molecule has 0 fully saturated rings. The molecule has 0 aliphatic carbocycles. The third kappa shape index (κ3) is 5.18. The van der Waals surface area contributed by atoms with Gasteiger partial charge in [-0.15, -0.1) is 11.8 Å². The molecule has 1 aliphatic rings. The fraction of sp³-hybridized carbons (Fsp3) is 0.565. The molecule has 0 saturated carbocycles. The number of hydrogen-bond acceptors (Lipinski definition) is 5. The highest BCUT2D eigenvalue weighted by Gasteiger charge is 2.38. The van der Waals surface area contributed by atoms with Gasteiger partial charge in [0, 0.05) is 16.0 Å². The van der Waals surface area contributed by atoms with Crippen molar-refractivity contribution in [2.45, 2.75) is 82.8 Å². The van der Waals surface area contributed by atoms with Gasteiger partial charge >= 0.3 is 6.09 Å². The van der Waals surface area contributed by atoms with E-state index in [4.69, 9.17) is 9.16 Å². The molecule has 0 unspecified atom stereocenters. The number of aromatic nitrogens is 1. The van der Waals surface area contributed by atoms with Crippen LogP contribution in [0.25, 0.3) is 10.9 Å². The molecule has 1 aromatic heterocycles. The largest absolute Gasteiger partial charge is 0.444 e. The Morgan fingerprint density at radius 3 is 2.52 bits per heavy atom. The van der Waals surface area contributed by atoms with Crippen molar-refractivity contribution in [2.75, 3.05) is 5.75 Å². The lowest BCUT2D eigenvalue weighted by Gasteiger charge is -2.36. The summed E-state index contributed by atoms with van der Waals surface area (Å²) in [5, 5.41) is 3.85. The summed E-state index contributed by atoms with van der Waals surface area (Å²) in [5.74, 6) is 0.286. The molecule has 2 heterocycles. The molecule has 3 rings (SSSR count). The van der Waals surface area contributed by atoms with E-state index >= 15 is 0 Å². The normalized spacial score (nSPS) is 17.5. The number of benzene rings is 1. The van der Waals surface area contributed by atoms with Crippen molar-refractivity contribution in [2.24, 2.45) is 0 Å². The fourth-order valence-corrected chi connectivity index (χ4v) is 5.22. The summed E-state index contributed by atoms with van der Waals surface area (Å²) >= 11 is 1.57. The first kappa shape index (κ1) is 23.9. The van der Waals surface area contributed by atoms with Crippen molar-refractivity contribution < 1.29 is 18.8 Å². The van der Waals surface area contributed by atoms with Crippen molar-refractivity contribution >= 4 is 43.0 Å². The molecule has 1 aromatic carbocycles. The highest BCUT2D eigenvalue weighted by molar-refractivity contribution is 7.99. The molecule has 0 radical (unpaired) electrons. The van der Waals surface area contributed by atoms with Crippen LogP contribution in [-0.4, -0.2) is 42.3 Å². The molecule has 6 nitrogen and oxygen atoms in total. The summed E-state index contributed by atoms with van der Waals surface area (Å²) in [4.78, 5) is 27.0. The molecule has 31 heavy (non-hydrogen) atoms. The van der Waals surface area contributed by atoms with E-state index in [1.54, 1.807) is 37.1 Å². The Hall–Kier alpha value is -1.77. The van der Waals surface area contributed by atoms with Crippen LogP contribution in [0.2, 0.25) is 18.1 Å². The van der Waals surface area contributed by atoms with Crippen molar-refractivity contribution in [1.29, 1.82) is 0 Å². The average molecular weight is 463 g/mol. The smallest absolute Gasteiger partial charge is 0.408 e. The van der Waals surface area contributed by atoms with Crippen LogP contribution in [0, 0.1) is 0 Å². The standard InChI is InChI=1S/C23H34N2O4SSi/c1-22(2,3)29-21(27)24-17-14-30-18-11-9-10-15-12-16(25(19(15)18)20(17)26)13-28-31(7,8)23(4,5)6/h9-12,17H,13-14H2,1-8H3,(H,24,27)/t17-/m0/s1. The molecule has 1 atom stereocenters. The van der Waals surface area contributed by atoms with E-state index < -0.39 is 26.1 Å². The Labute approximate surface area is 190 Å². The van der Waals surface area contributed by atoms with Crippen molar-refractivity contribution in [3.63, 3.8) is 0 Å². The monoisotopic (exact) mass is 462 g/mol. The molecule has 1 aliphatic heterocycles. The lowest BCUT2D eigenvalue weighted by molar-refractivity contribution is 0.0489. The van der Waals surface area contributed by atoms with Crippen molar-refractivity contribution in [3.05, 3.63) is 30.0 Å².